The fourth-order valence-electron chi connectivity index (χ4n) is 4.59. The summed E-state index contributed by atoms with van der Waals surface area (Å²) in [6.45, 7) is 6.37. The predicted molar refractivity (Wildman–Crippen MR) is 135 cm³/mol. The van der Waals surface area contributed by atoms with Gasteiger partial charge in [-0.25, -0.2) is 4.98 Å². The largest absolute Gasteiger partial charge is 0.396 e. The van der Waals surface area contributed by atoms with Gasteiger partial charge in [0, 0.05) is 42.2 Å². The Morgan fingerprint density at radius 3 is 2.65 bits per heavy atom. The first kappa shape index (κ1) is 22.6. The molecule has 8 heteroatoms. The molecule has 1 saturated heterocycles. The monoisotopic (exact) mass is 477 g/mol. The van der Waals surface area contributed by atoms with E-state index in [1.165, 1.54) is 0 Å². The number of rotatable bonds is 6. The Hall–Kier alpha value is -3.16. The van der Waals surface area contributed by atoms with Crippen molar-refractivity contribution >= 4 is 34.3 Å². The summed E-state index contributed by atoms with van der Waals surface area (Å²) in [5, 5.41) is 18.8. The molecule has 0 saturated carbocycles. The third-order valence-corrected chi connectivity index (χ3v) is 6.75. The summed E-state index contributed by atoms with van der Waals surface area (Å²) in [5.41, 5.74) is 4.83. The van der Waals surface area contributed by atoms with Gasteiger partial charge >= 0.3 is 0 Å². The van der Waals surface area contributed by atoms with Gasteiger partial charge in [-0.3, -0.25) is 0 Å². The zero-order valence-electron chi connectivity index (χ0n) is 19.4. The highest BCUT2D eigenvalue weighted by molar-refractivity contribution is 6.30. The maximum Gasteiger partial charge on any atom is 0.227 e. The van der Waals surface area contributed by atoms with Crippen LogP contribution in [0.25, 0.3) is 22.0 Å². The summed E-state index contributed by atoms with van der Waals surface area (Å²) >= 11 is 6.19. The fraction of sp³-hybridized carbons (Fsp3) is 0.346. The number of hydrogen-bond acceptors (Lipinski definition) is 7. The summed E-state index contributed by atoms with van der Waals surface area (Å²) in [7, 11) is 0. The van der Waals surface area contributed by atoms with E-state index in [1.54, 1.807) is 0 Å². The first-order valence-electron chi connectivity index (χ1n) is 11.6. The van der Waals surface area contributed by atoms with Crippen molar-refractivity contribution in [2.75, 3.05) is 29.9 Å². The molecule has 34 heavy (non-hydrogen) atoms. The molecule has 0 amide bonds. The summed E-state index contributed by atoms with van der Waals surface area (Å²) < 4.78 is 5.39. The second-order valence-electron chi connectivity index (χ2n) is 8.90. The second kappa shape index (κ2) is 9.60. The van der Waals surface area contributed by atoms with Crippen molar-refractivity contribution in [1.29, 1.82) is 0 Å². The van der Waals surface area contributed by atoms with Gasteiger partial charge < -0.3 is 19.8 Å². The van der Waals surface area contributed by atoms with E-state index >= 15 is 0 Å². The number of nitrogens with zero attached hydrogens (tertiary/aromatic N) is 4. The molecule has 3 heterocycles. The van der Waals surface area contributed by atoms with Crippen molar-refractivity contribution < 1.29 is 9.63 Å². The van der Waals surface area contributed by atoms with Crippen molar-refractivity contribution in [2.24, 2.45) is 5.92 Å². The van der Waals surface area contributed by atoms with Crippen LogP contribution < -0.4 is 10.2 Å². The van der Waals surface area contributed by atoms with Gasteiger partial charge in [-0.05, 0) is 68.0 Å². The Kier molecular flexibility index (Phi) is 6.39. The SMILES string of the molecule is Cc1noc(C)c1-c1ccc2nc(N3CCC(CO)CC3)nc(NCc3cccc(Cl)c3)c2c1. The number of piperidine rings is 1. The van der Waals surface area contributed by atoms with Gasteiger partial charge in [0.1, 0.15) is 11.6 Å². The Labute approximate surface area is 203 Å². The lowest BCUT2D eigenvalue weighted by Crippen LogP contribution is -2.36. The molecule has 1 aliphatic heterocycles. The molecule has 7 nitrogen and oxygen atoms in total. The number of fused-ring (bicyclic) bond motifs is 1. The summed E-state index contributed by atoms with van der Waals surface area (Å²) in [6.07, 6.45) is 1.88. The normalized spacial score (nSPS) is 14.6. The van der Waals surface area contributed by atoms with E-state index in [0.29, 0.717) is 23.4 Å². The van der Waals surface area contributed by atoms with Crippen molar-refractivity contribution in [1.82, 2.24) is 15.1 Å². The molecule has 5 rings (SSSR count). The third-order valence-electron chi connectivity index (χ3n) is 6.51. The van der Waals surface area contributed by atoms with Gasteiger partial charge in [0.05, 0.1) is 11.2 Å². The van der Waals surface area contributed by atoms with Crippen LogP contribution in [-0.2, 0) is 6.54 Å². The minimum atomic E-state index is 0.239. The van der Waals surface area contributed by atoms with Crippen molar-refractivity contribution in [3.8, 4) is 11.1 Å². The van der Waals surface area contributed by atoms with Crippen LogP contribution in [0.3, 0.4) is 0 Å². The van der Waals surface area contributed by atoms with Crippen LogP contribution >= 0.6 is 11.6 Å². The van der Waals surface area contributed by atoms with Gasteiger partial charge in [-0.15, -0.1) is 0 Å². The first-order valence-corrected chi connectivity index (χ1v) is 12.0. The zero-order chi connectivity index (χ0) is 23.7. The molecule has 4 aromatic rings. The molecule has 1 fully saturated rings. The first-order chi connectivity index (χ1) is 16.5. The molecule has 0 spiro atoms. The number of anilines is 2. The smallest absolute Gasteiger partial charge is 0.227 e. The molecule has 2 aromatic carbocycles. The molecule has 0 bridgehead atoms. The molecule has 0 radical (unpaired) electrons. The highest BCUT2D eigenvalue weighted by atomic mass is 35.5. The van der Waals surface area contributed by atoms with Crippen LogP contribution in [0.1, 0.15) is 29.9 Å². The maximum atomic E-state index is 9.49. The van der Waals surface area contributed by atoms with Gasteiger partial charge in [0.2, 0.25) is 5.95 Å². The average Bonchev–Trinajstić information content (AvgIpc) is 3.20. The highest BCUT2D eigenvalue weighted by Gasteiger charge is 2.22. The van der Waals surface area contributed by atoms with Crippen LogP contribution in [0, 0.1) is 19.8 Å². The van der Waals surface area contributed by atoms with Crippen molar-refractivity contribution in [2.45, 2.75) is 33.2 Å². The third kappa shape index (κ3) is 4.58. The predicted octanol–water partition coefficient (Wildman–Crippen LogP) is 5.38. The van der Waals surface area contributed by atoms with Crippen LogP contribution in [0.15, 0.2) is 47.0 Å². The minimum absolute atomic E-state index is 0.239. The summed E-state index contributed by atoms with van der Waals surface area (Å²) in [5.74, 6) is 2.63. The van der Waals surface area contributed by atoms with E-state index in [-0.39, 0.29) is 6.61 Å². The molecular weight excluding hydrogens is 450 g/mol. The topological polar surface area (TPSA) is 87.3 Å². The van der Waals surface area contributed by atoms with Crippen LogP contribution in [0.5, 0.6) is 0 Å². The van der Waals surface area contributed by atoms with E-state index in [0.717, 1.165) is 70.8 Å². The molecule has 2 N–H and O–H groups in total. The maximum absolute atomic E-state index is 9.49. The number of benzene rings is 2. The molecule has 0 aliphatic carbocycles. The van der Waals surface area contributed by atoms with Gasteiger partial charge in [-0.1, -0.05) is 35.0 Å². The quantitative estimate of drug-likeness (QED) is 0.385. The lowest BCUT2D eigenvalue weighted by atomic mass is 9.98. The van der Waals surface area contributed by atoms with Gasteiger partial charge in [0.25, 0.3) is 0 Å². The molecule has 1 aliphatic rings. The minimum Gasteiger partial charge on any atom is -0.396 e. The van der Waals surface area contributed by atoms with Crippen molar-refractivity contribution in [3.63, 3.8) is 0 Å². The molecule has 2 aromatic heterocycles. The van der Waals surface area contributed by atoms with Gasteiger partial charge in [0.15, 0.2) is 0 Å². The fourth-order valence-corrected chi connectivity index (χ4v) is 4.80. The van der Waals surface area contributed by atoms with Crippen molar-refractivity contribution in [3.05, 3.63) is 64.5 Å². The second-order valence-corrected chi connectivity index (χ2v) is 9.34. The number of aliphatic hydroxyl groups excluding tert-OH is 1. The van der Waals surface area contributed by atoms with E-state index in [9.17, 15) is 5.11 Å². The van der Waals surface area contributed by atoms with Crippen LogP contribution in [0.2, 0.25) is 5.02 Å². The Bertz CT molecular complexity index is 1290. The molecule has 0 atom stereocenters. The Morgan fingerprint density at radius 2 is 1.94 bits per heavy atom. The molecule has 176 valence electrons. The van der Waals surface area contributed by atoms with Crippen LogP contribution in [0.4, 0.5) is 11.8 Å². The highest BCUT2D eigenvalue weighted by Crippen LogP contribution is 2.33. The number of aliphatic hydroxyl groups is 1. The number of nitrogens with one attached hydrogen (secondary N) is 1. The van der Waals surface area contributed by atoms with E-state index < -0.39 is 0 Å². The average molecular weight is 478 g/mol. The number of aryl methyl sites for hydroxylation is 2. The van der Waals surface area contributed by atoms with E-state index in [2.05, 4.69) is 27.5 Å². The lowest BCUT2D eigenvalue weighted by Gasteiger charge is -2.31. The molecular formula is C26H28ClN5O2. The zero-order valence-corrected chi connectivity index (χ0v) is 20.1. The van der Waals surface area contributed by atoms with E-state index in [1.807, 2.05) is 44.2 Å². The number of halogens is 1. The van der Waals surface area contributed by atoms with E-state index in [4.69, 9.17) is 26.1 Å². The van der Waals surface area contributed by atoms with Gasteiger partial charge in [-0.2, -0.15) is 4.98 Å². The summed E-state index contributed by atoms with van der Waals surface area (Å²) in [6, 6.07) is 14.0. The standard InChI is InChI=1S/C26H28ClN5O2/c1-16-24(17(2)34-31-16)20-6-7-23-22(13-20)25(28-14-19-4-3-5-21(27)12-19)30-26(29-23)32-10-8-18(15-33)9-11-32/h3-7,12-13,18,33H,8-11,14-15H2,1-2H3,(H,28,29,30). The molecule has 0 unspecified atom stereocenters. The Morgan fingerprint density at radius 1 is 1.12 bits per heavy atom. The lowest BCUT2D eigenvalue weighted by molar-refractivity contribution is 0.202. The number of aromatic nitrogens is 3. The summed E-state index contributed by atoms with van der Waals surface area (Å²) in [4.78, 5) is 12.1. The number of hydrogen-bond donors (Lipinski definition) is 2. The van der Waals surface area contributed by atoms with Crippen LogP contribution in [-0.4, -0.2) is 39.9 Å². The Balaban J connectivity index is 1.54.